The lowest BCUT2D eigenvalue weighted by molar-refractivity contribution is 0.267. The van der Waals surface area contributed by atoms with Gasteiger partial charge in [0.1, 0.15) is 0 Å². The highest BCUT2D eigenvalue weighted by Crippen LogP contribution is 2.36. The maximum Gasteiger partial charge on any atom is 0.264 e. The standard InChI is InChI=1S/C20H25NO4S/c1-3-13-24-19-10-9-17(15-20(19)25-14-4-2)26(22,23)21-12-11-16-7-5-6-8-18(16)21/h5-10,15H,3-4,11-14H2,1-2H3. The highest BCUT2D eigenvalue weighted by molar-refractivity contribution is 7.92. The second kappa shape index (κ2) is 7.99. The van der Waals surface area contributed by atoms with Gasteiger partial charge in [0.05, 0.1) is 23.8 Å². The van der Waals surface area contributed by atoms with Crippen LogP contribution >= 0.6 is 0 Å². The smallest absolute Gasteiger partial charge is 0.264 e. The predicted molar refractivity (Wildman–Crippen MR) is 103 cm³/mol. The van der Waals surface area contributed by atoms with E-state index in [0.29, 0.717) is 31.3 Å². The summed E-state index contributed by atoms with van der Waals surface area (Å²) in [4.78, 5) is 0.226. The predicted octanol–water partition coefficient (Wildman–Crippen LogP) is 4.02. The lowest BCUT2D eigenvalue weighted by atomic mass is 10.2. The molecule has 140 valence electrons. The van der Waals surface area contributed by atoms with Crippen molar-refractivity contribution < 1.29 is 17.9 Å². The number of hydrogen-bond donors (Lipinski definition) is 0. The minimum Gasteiger partial charge on any atom is -0.490 e. The molecule has 0 saturated carbocycles. The van der Waals surface area contributed by atoms with Crippen LogP contribution in [0.1, 0.15) is 32.3 Å². The molecule has 2 aromatic carbocycles. The van der Waals surface area contributed by atoms with Crippen molar-refractivity contribution in [3.05, 3.63) is 48.0 Å². The van der Waals surface area contributed by atoms with Crippen LogP contribution in [0.2, 0.25) is 0 Å². The Kier molecular flexibility index (Phi) is 5.71. The lowest BCUT2D eigenvalue weighted by Crippen LogP contribution is -2.29. The summed E-state index contributed by atoms with van der Waals surface area (Å²) in [5, 5.41) is 0. The van der Waals surface area contributed by atoms with E-state index in [0.717, 1.165) is 30.5 Å². The molecule has 1 heterocycles. The van der Waals surface area contributed by atoms with Gasteiger partial charge in [0, 0.05) is 12.6 Å². The Morgan fingerprint density at radius 1 is 0.962 bits per heavy atom. The minimum atomic E-state index is -3.64. The van der Waals surface area contributed by atoms with Crippen molar-refractivity contribution in [2.45, 2.75) is 38.0 Å². The van der Waals surface area contributed by atoms with Crippen LogP contribution in [0.25, 0.3) is 0 Å². The molecule has 0 N–H and O–H groups in total. The maximum atomic E-state index is 13.2. The zero-order chi connectivity index (χ0) is 18.6. The van der Waals surface area contributed by atoms with Crippen LogP contribution in [0.5, 0.6) is 11.5 Å². The summed E-state index contributed by atoms with van der Waals surface area (Å²) < 4.78 is 39.3. The number of rotatable bonds is 8. The first-order chi connectivity index (χ1) is 12.6. The molecule has 5 nitrogen and oxygen atoms in total. The van der Waals surface area contributed by atoms with E-state index in [-0.39, 0.29) is 4.90 Å². The van der Waals surface area contributed by atoms with Gasteiger partial charge >= 0.3 is 0 Å². The van der Waals surface area contributed by atoms with Gasteiger partial charge in [-0.3, -0.25) is 4.31 Å². The highest BCUT2D eigenvalue weighted by atomic mass is 32.2. The van der Waals surface area contributed by atoms with Gasteiger partial charge < -0.3 is 9.47 Å². The number of sulfonamides is 1. The van der Waals surface area contributed by atoms with Crippen LogP contribution in [-0.2, 0) is 16.4 Å². The van der Waals surface area contributed by atoms with Gasteiger partial charge in [-0.05, 0) is 43.0 Å². The molecule has 0 spiro atoms. The van der Waals surface area contributed by atoms with Gasteiger partial charge in [0.15, 0.2) is 11.5 Å². The number of ether oxygens (including phenoxy) is 2. The zero-order valence-electron chi connectivity index (χ0n) is 15.3. The molecule has 26 heavy (non-hydrogen) atoms. The van der Waals surface area contributed by atoms with Gasteiger partial charge in [0.25, 0.3) is 10.0 Å². The summed E-state index contributed by atoms with van der Waals surface area (Å²) >= 11 is 0. The van der Waals surface area contributed by atoms with Crippen LogP contribution in [0, 0.1) is 0 Å². The molecule has 0 radical (unpaired) electrons. The van der Waals surface area contributed by atoms with Gasteiger partial charge in [0.2, 0.25) is 0 Å². The van der Waals surface area contributed by atoms with Crippen LogP contribution in [0.4, 0.5) is 5.69 Å². The molecule has 0 fully saturated rings. The van der Waals surface area contributed by atoms with Gasteiger partial charge in [-0.1, -0.05) is 32.0 Å². The average molecular weight is 375 g/mol. The molecule has 2 aromatic rings. The van der Waals surface area contributed by atoms with Crippen LogP contribution in [-0.4, -0.2) is 28.2 Å². The minimum absolute atomic E-state index is 0.226. The molecule has 1 aliphatic rings. The van der Waals surface area contributed by atoms with E-state index >= 15 is 0 Å². The van der Waals surface area contributed by atoms with E-state index in [1.54, 1.807) is 18.2 Å². The van der Waals surface area contributed by atoms with Crippen LogP contribution in [0.15, 0.2) is 47.4 Å². The molecular weight excluding hydrogens is 350 g/mol. The average Bonchev–Trinajstić information content (AvgIpc) is 3.10. The largest absolute Gasteiger partial charge is 0.490 e. The molecule has 6 heteroatoms. The first kappa shape index (κ1) is 18.6. The van der Waals surface area contributed by atoms with Crippen molar-refractivity contribution in [1.82, 2.24) is 0 Å². The summed E-state index contributed by atoms with van der Waals surface area (Å²) in [5.74, 6) is 1.06. The second-order valence-electron chi connectivity index (χ2n) is 6.26. The Hall–Kier alpha value is -2.21. The van der Waals surface area contributed by atoms with Crippen molar-refractivity contribution in [3.63, 3.8) is 0 Å². The summed E-state index contributed by atoms with van der Waals surface area (Å²) in [5.41, 5.74) is 1.82. The Morgan fingerprint density at radius 2 is 1.65 bits per heavy atom. The first-order valence-corrected chi connectivity index (χ1v) is 10.5. The van der Waals surface area contributed by atoms with E-state index in [1.165, 1.54) is 4.31 Å². The zero-order valence-corrected chi connectivity index (χ0v) is 16.1. The Morgan fingerprint density at radius 3 is 2.38 bits per heavy atom. The SMILES string of the molecule is CCCOc1ccc(S(=O)(=O)N2CCc3ccccc32)cc1OCCC. The molecule has 3 rings (SSSR count). The summed E-state index contributed by atoms with van der Waals surface area (Å²) in [6.07, 6.45) is 2.44. The Labute approximate surface area is 155 Å². The normalized spacial score (nSPS) is 13.5. The third-order valence-electron chi connectivity index (χ3n) is 4.27. The fourth-order valence-electron chi connectivity index (χ4n) is 2.99. The molecule has 0 unspecified atom stereocenters. The number of para-hydroxylation sites is 1. The van der Waals surface area contributed by atoms with E-state index in [4.69, 9.17) is 9.47 Å². The van der Waals surface area contributed by atoms with Crippen molar-refractivity contribution in [2.75, 3.05) is 24.1 Å². The number of benzene rings is 2. The van der Waals surface area contributed by atoms with Crippen molar-refractivity contribution in [1.29, 1.82) is 0 Å². The molecule has 1 aliphatic heterocycles. The van der Waals surface area contributed by atoms with Crippen molar-refractivity contribution in [2.24, 2.45) is 0 Å². The van der Waals surface area contributed by atoms with Crippen LogP contribution in [0.3, 0.4) is 0 Å². The quantitative estimate of drug-likeness (QED) is 0.699. The molecule has 0 aliphatic carbocycles. The topological polar surface area (TPSA) is 55.8 Å². The molecule has 0 aromatic heterocycles. The molecule has 0 atom stereocenters. The Bertz CT molecular complexity index is 864. The fourth-order valence-corrected chi connectivity index (χ4v) is 4.51. The number of fused-ring (bicyclic) bond motifs is 1. The third kappa shape index (κ3) is 3.65. The number of nitrogens with zero attached hydrogens (tertiary/aromatic N) is 1. The maximum absolute atomic E-state index is 13.2. The van der Waals surface area contributed by atoms with Crippen LogP contribution < -0.4 is 13.8 Å². The molecule has 0 saturated heterocycles. The second-order valence-corrected chi connectivity index (χ2v) is 8.12. The molecular formula is C20H25NO4S. The van der Waals surface area contributed by atoms with Crippen molar-refractivity contribution >= 4 is 15.7 Å². The van der Waals surface area contributed by atoms with E-state index < -0.39 is 10.0 Å². The first-order valence-electron chi connectivity index (χ1n) is 9.08. The summed E-state index contributed by atoms with van der Waals surface area (Å²) in [7, 11) is -3.64. The van der Waals surface area contributed by atoms with E-state index in [1.807, 2.05) is 38.1 Å². The molecule has 0 bridgehead atoms. The van der Waals surface area contributed by atoms with Gasteiger partial charge in [-0.15, -0.1) is 0 Å². The molecule has 0 amide bonds. The van der Waals surface area contributed by atoms with E-state index in [2.05, 4.69) is 0 Å². The highest BCUT2D eigenvalue weighted by Gasteiger charge is 2.31. The van der Waals surface area contributed by atoms with Gasteiger partial charge in [-0.2, -0.15) is 0 Å². The van der Waals surface area contributed by atoms with Gasteiger partial charge in [-0.25, -0.2) is 8.42 Å². The monoisotopic (exact) mass is 375 g/mol. The number of anilines is 1. The Balaban J connectivity index is 1.95. The van der Waals surface area contributed by atoms with Crippen molar-refractivity contribution in [3.8, 4) is 11.5 Å². The summed E-state index contributed by atoms with van der Waals surface area (Å²) in [6.45, 7) is 5.57. The van der Waals surface area contributed by atoms with E-state index in [9.17, 15) is 8.42 Å². The number of hydrogen-bond acceptors (Lipinski definition) is 4. The fraction of sp³-hybridized carbons (Fsp3) is 0.400. The lowest BCUT2D eigenvalue weighted by Gasteiger charge is -2.21. The summed E-state index contributed by atoms with van der Waals surface area (Å²) in [6, 6.07) is 12.5. The third-order valence-corrected chi connectivity index (χ3v) is 6.08.